The summed E-state index contributed by atoms with van der Waals surface area (Å²) < 4.78 is 24.9. The van der Waals surface area contributed by atoms with Crippen LogP contribution in [0.1, 0.15) is 39.3 Å². The average Bonchev–Trinajstić information content (AvgIpc) is 3.16. The molecule has 0 aliphatic carbocycles. The van der Waals surface area contributed by atoms with Crippen LogP contribution >= 0.6 is 0 Å². The second-order valence-electron chi connectivity index (χ2n) is 8.77. The highest BCUT2D eigenvalue weighted by Gasteiger charge is 2.33. The number of methoxy groups -OCH3 is 2. The molecule has 2 N–H and O–H groups in total. The van der Waals surface area contributed by atoms with Crippen molar-refractivity contribution in [2.75, 3.05) is 32.2 Å². The number of esters is 1. The summed E-state index contributed by atoms with van der Waals surface area (Å²) in [6.45, 7) is 1.39. The molecular formula is C26H28FN3O5. The summed E-state index contributed by atoms with van der Waals surface area (Å²) in [4.78, 5) is 39.7. The number of hydrogen-bond donors (Lipinski definition) is 1. The number of Topliss-reactive ketones (excluding diaryl/α,β-unsaturated/α-hetero) is 1. The van der Waals surface area contributed by atoms with E-state index >= 15 is 0 Å². The largest absolute Gasteiger partial charge is 0.497 e. The number of ether oxygens (including phenoxy) is 2. The van der Waals surface area contributed by atoms with Crippen LogP contribution in [0.2, 0.25) is 0 Å². The number of anilines is 1. The first-order chi connectivity index (χ1) is 16.7. The lowest BCUT2D eigenvalue weighted by Gasteiger charge is -2.34. The van der Waals surface area contributed by atoms with Gasteiger partial charge in [0.15, 0.2) is 0 Å². The predicted octanol–water partition coefficient (Wildman–Crippen LogP) is 3.24. The molecule has 0 atom stereocenters. The van der Waals surface area contributed by atoms with E-state index in [-0.39, 0.29) is 17.1 Å². The maximum absolute atomic E-state index is 13.2. The van der Waals surface area contributed by atoms with Gasteiger partial charge in [-0.1, -0.05) is 12.1 Å². The van der Waals surface area contributed by atoms with Crippen molar-refractivity contribution in [3.63, 3.8) is 0 Å². The molecule has 0 radical (unpaired) electrons. The normalized spacial score (nSPS) is 14.2. The van der Waals surface area contributed by atoms with Gasteiger partial charge in [0.2, 0.25) is 0 Å². The first kappa shape index (κ1) is 24.3. The van der Waals surface area contributed by atoms with E-state index in [0.717, 1.165) is 31.9 Å². The summed E-state index contributed by atoms with van der Waals surface area (Å²) in [6, 6.07) is 10.1. The number of aromatic nitrogens is 1. The van der Waals surface area contributed by atoms with Crippen molar-refractivity contribution < 1.29 is 28.2 Å². The number of aryl methyl sites for hydroxylation is 1. The van der Waals surface area contributed by atoms with Gasteiger partial charge in [-0.25, -0.2) is 9.18 Å². The number of fused-ring (bicyclic) bond motifs is 1. The van der Waals surface area contributed by atoms with Crippen LogP contribution < -0.4 is 15.4 Å². The van der Waals surface area contributed by atoms with Gasteiger partial charge in [0.05, 0.1) is 31.0 Å². The fourth-order valence-corrected chi connectivity index (χ4v) is 4.92. The number of piperidine rings is 1. The highest BCUT2D eigenvalue weighted by Crippen LogP contribution is 2.39. The van der Waals surface area contributed by atoms with E-state index in [1.807, 2.05) is 18.2 Å². The van der Waals surface area contributed by atoms with Crippen LogP contribution in [0.25, 0.3) is 10.9 Å². The van der Waals surface area contributed by atoms with Gasteiger partial charge in [0.25, 0.3) is 11.7 Å². The second kappa shape index (κ2) is 9.77. The number of halogens is 1. The van der Waals surface area contributed by atoms with Gasteiger partial charge in [-0.3, -0.25) is 9.59 Å². The van der Waals surface area contributed by atoms with Crippen molar-refractivity contribution >= 4 is 34.3 Å². The summed E-state index contributed by atoms with van der Waals surface area (Å²) in [5.74, 6) is -2.09. The van der Waals surface area contributed by atoms with E-state index < -0.39 is 17.7 Å². The zero-order valence-corrected chi connectivity index (χ0v) is 20.0. The van der Waals surface area contributed by atoms with Crippen molar-refractivity contribution in [1.29, 1.82) is 0 Å². The van der Waals surface area contributed by atoms with Gasteiger partial charge in [-0.05, 0) is 42.9 Å². The molecule has 9 heteroatoms. The van der Waals surface area contributed by atoms with E-state index in [1.54, 1.807) is 20.2 Å². The summed E-state index contributed by atoms with van der Waals surface area (Å²) in [6.07, 6.45) is 2.61. The molecule has 1 amide bonds. The number of carbonyl (C=O) groups excluding carboxylic acids is 3. The van der Waals surface area contributed by atoms with E-state index in [4.69, 9.17) is 10.5 Å². The molecule has 3 aromatic rings. The van der Waals surface area contributed by atoms with E-state index in [2.05, 4.69) is 9.64 Å². The zero-order chi connectivity index (χ0) is 25.3. The Hall–Kier alpha value is -3.88. The molecule has 1 saturated heterocycles. The third-order valence-corrected chi connectivity index (χ3v) is 6.71. The zero-order valence-electron chi connectivity index (χ0n) is 20.0. The van der Waals surface area contributed by atoms with Gasteiger partial charge >= 0.3 is 5.97 Å². The van der Waals surface area contributed by atoms with Crippen molar-refractivity contribution in [2.45, 2.75) is 19.3 Å². The molecule has 8 nitrogen and oxygen atoms in total. The Bertz CT molecular complexity index is 1290. The lowest BCUT2D eigenvalue weighted by molar-refractivity contribution is -0.135. The molecule has 2 heterocycles. The van der Waals surface area contributed by atoms with Crippen molar-refractivity contribution in [1.82, 2.24) is 4.57 Å². The van der Waals surface area contributed by atoms with Gasteiger partial charge in [-0.15, -0.1) is 0 Å². The number of hydrogen-bond acceptors (Lipinski definition) is 6. The topological polar surface area (TPSA) is 104 Å². The van der Waals surface area contributed by atoms with Crippen LogP contribution in [0, 0.1) is 11.7 Å². The van der Waals surface area contributed by atoms with Gasteiger partial charge in [0, 0.05) is 37.7 Å². The van der Waals surface area contributed by atoms with Crippen LogP contribution in [0.15, 0.2) is 36.4 Å². The molecule has 0 unspecified atom stereocenters. The number of nitrogens with zero attached hydrogens (tertiary/aromatic N) is 2. The van der Waals surface area contributed by atoms with Crippen LogP contribution in [-0.2, 0) is 23.0 Å². The number of ketones is 1. The molecule has 184 valence electrons. The summed E-state index contributed by atoms with van der Waals surface area (Å²) in [5.41, 5.74) is 7.84. The van der Waals surface area contributed by atoms with Crippen molar-refractivity contribution in [3.05, 3.63) is 59.0 Å². The minimum atomic E-state index is -1.07. The number of nitrogens with two attached hydrogens (primary N) is 1. The summed E-state index contributed by atoms with van der Waals surface area (Å²) >= 11 is 0. The standard InChI is InChI=1S/C26H28FN3O5/c1-29-19-13-18(34-2)14-20(21(19)22(23(29)25(28)32)24(31)26(33)35-3)30-10-8-16(9-11-30)12-15-4-6-17(27)7-5-15/h4-7,13-14,16H,8-12H2,1-3H3,(H2,28,32). The van der Waals surface area contributed by atoms with E-state index in [0.29, 0.717) is 41.3 Å². The van der Waals surface area contributed by atoms with Gasteiger partial charge in [-0.2, -0.15) is 0 Å². The molecule has 1 aliphatic heterocycles. The first-order valence-electron chi connectivity index (χ1n) is 11.4. The Labute approximate surface area is 202 Å². The molecule has 1 fully saturated rings. The monoisotopic (exact) mass is 481 g/mol. The fourth-order valence-electron chi connectivity index (χ4n) is 4.92. The molecular weight excluding hydrogens is 453 g/mol. The highest BCUT2D eigenvalue weighted by molar-refractivity contribution is 6.45. The predicted molar refractivity (Wildman–Crippen MR) is 129 cm³/mol. The Morgan fingerprint density at radius 2 is 1.74 bits per heavy atom. The molecule has 4 rings (SSSR count). The number of rotatable bonds is 7. The Kier molecular flexibility index (Phi) is 6.77. The summed E-state index contributed by atoms with van der Waals surface area (Å²) in [5, 5.41) is 0.467. The Morgan fingerprint density at radius 1 is 1.09 bits per heavy atom. The minimum absolute atomic E-state index is 0.0592. The molecule has 0 bridgehead atoms. The third-order valence-electron chi connectivity index (χ3n) is 6.71. The highest BCUT2D eigenvalue weighted by atomic mass is 19.1. The lowest BCUT2D eigenvalue weighted by Crippen LogP contribution is -2.34. The maximum Gasteiger partial charge on any atom is 0.379 e. The molecule has 0 saturated carbocycles. The fraction of sp³-hybridized carbons (Fsp3) is 0.346. The second-order valence-corrected chi connectivity index (χ2v) is 8.77. The van der Waals surface area contributed by atoms with Crippen LogP contribution in [0.5, 0.6) is 5.75 Å². The average molecular weight is 482 g/mol. The van der Waals surface area contributed by atoms with E-state index in [1.165, 1.54) is 16.7 Å². The van der Waals surface area contributed by atoms with E-state index in [9.17, 15) is 18.8 Å². The van der Waals surface area contributed by atoms with Gasteiger partial charge < -0.3 is 24.7 Å². The number of benzene rings is 2. The van der Waals surface area contributed by atoms with Crippen molar-refractivity contribution in [3.8, 4) is 5.75 Å². The molecule has 0 spiro atoms. The Morgan fingerprint density at radius 3 is 2.31 bits per heavy atom. The van der Waals surface area contributed by atoms with Crippen molar-refractivity contribution in [2.24, 2.45) is 18.7 Å². The third kappa shape index (κ3) is 4.58. The summed E-state index contributed by atoms with van der Waals surface area (Å²) in [7, 11) is 4.28. The van der Waals surface area contributed by atoms with Crippen LogP contribution in [0.4, 0.5) is 10.1 Å². The van der Waals surface area contributed by atoms with Gasteiger partial charge in [0.1, 0.15) is 17.3 Å². The molecule has 35 heavy (non-hydrogen) atoms. The molecule has 1 aliphatic rings. The quantitative estimate of drug-likeness (QED) is 0.316. The minimum Gasteiger partial charge on any atom is -0.497 e. The smallest absolute Gasteiger partial charge is 0.379 e. The number of carbonyl (C=O) groups is 3. The molecule has 1 aromatic heterocycles. The number of primary amides is 1. The number of amides is 1. The van der Waals surface area contributed by atoms with Crippen LogP contribution in [-0.4, -0.2) is 49.5 Å². The Balaban J connectivity index is 1.73. The maximum atomic E-state index is 13.2. The van der Waals surface area contributed by atoms with Crippen LogP contribution in [0.3, 0.4) is 0 Å². The first-order valence-corrected chi connectivity index (χ1v) is 11.4. The SMILES string of the molecule is COC(=O)C(=O)c1c(C(N)=O)n(C)c2cc(OC)cc(N3CCC(Cc4ccc(F)cc4)CC3)c12. The molecule has 2 aromatic carbocycles. The lowest BCUT2D eigenvalue weighted by atomic mass is 9.89.